The van der Waals surface area contributed by atoms with Gasteiger partial charge in [0.15, 0.2) is 0 Å². The van der Waals surface area contributed by atoms with Gasteiger partial charge in [-0.3, -0.25) is 4.79 Å². The molecule has 0 fully saturated rings. The fourth-order valence-corrected chi connectivity index (χ4v) is 2.97. The third kappa shape index (κ3) is 6.43. The first-order valence-electron chi connectivity index (χ1n) is 9.42. The zero-order valence-electron chi connectivity index (χ0n) is 17.6. The molecular formula is C22H27Cl2FN4O2. The largest absolute Gasteiger partial charge is 0.457 e. The molecule has 0 aliphatic rings. The highest BCUT2D eigenvalue weighted by atomic mass is 35.5. The van der Waals surface area contributed by atoms with Crippen LogP contribution in [0.4, 0.5) is 4.39 Å². The molecule has 0 unspecified atom stereocenters. The summed E-state index contributed by atoms with van der Waals surface area (Å²) in [5.74, 6) is 0.554. The van der Waals surface area contributed by atoms with E-state index in [9.17, 15) is 9.18 Å². The van der Waals surface area contributed by atoms with Gasteiger partial charge in [0.2, 0.25) is 0 Å². The molecule has 0 aliphatic heterocycles. The summed E-state index contributed by atoms with van der Waals surface area (Å²) in [5.41, 5.74) is 8.50. The molecule has 0 bridgehead atoms. The molecule has 0 atom stereocenters. The van der Waals surface area contributed by atoms with Gasteiger partial charge in [-0.25, -0.2) is 9.37 Å². The van der Waals surface area contributed by atoms with Crippen molar-refractivity contribution in [2.24, 2.45) is 12.8 Å². The van der Waals surface area contributed by atoms with E-state index in [0.717, 1.165) is 23.4 Å². The summed E-state index contributed by atoms with van der Waals surface area (Å²) in [7, 11) is 1.88. The Balaban J connectivity index is 0.00000240. The van der Waals surface area contributed by atoms with Crippen LogP contribution >= 0.6 is 24.8 Å². The number of hydrogen-bond donors (Lipinski definition) is 2. The van der Waals surface area contributed by atoms with Crippen LogP contribution in [0.1, 0.15) is 33.1 Å². The number of nitrogens with one attached hydrogen (secondary N) is 1. The summed E-state index contributed by atoms with van der Waals surface area (Å²) >= 11 is 0. The van der Waals surface area contributed by atoms with E-state index in [0.29, 0.717) is 23.9 Å². The van der Waals surface area contributed by atoms with Crippen LogP contribution in [0, 0.1) is 19.7 Å². The van der Waals surface area contributed by atoms with Gasteiger partial charge in [0.05, 0.1) is 17.8 Å². The number of aromatic nitrogens is 2. The molecule has 31 heavy (non-hydrogen) atoms. The minimum absolute atomic E-state index is 0. The maximum Gasteiger partial charge on any atom is 0.254 e. The molecule has 2 aromatic carbocycles. The number of nitrogens with two attached hydrogens (primary N) is 1. The average Bonchev–Trinajstić information content (AvgIpc) is 2.96. The lowest BCUT2D eigenvalue weighted by molar-refractivity contribution is 0.0945. The first-order chi connectivity index (χ1) is 13.9. The predicted molar refractivity (Wildman–Crippen MR) is 124 cm³/mol. The van der Waals surface area contributed by atoms with Crippen LogP contribution < -0.4 is 15.8 Å². The minimum Gasteiger partial charge on any atom is -0.457 e. The number of amides is 1. The van der Waals surface area contributed by atoms with Crippen molar-refractivity contribution in [2.45, 2.75) is 26.8 Å². The van der Waals surface area contributed by atoms with E-state index in [1.54, 1.807) is 0 Å². The van der Waals surface area contributed by atoms with E-state index in [4.69, 9.17) is 10.5 Å². The van der Waals surface area contributed by atoms with Gasteiger partial charge in [0, 0.05) is 12.7 Å². The third-order valence-corrected chi connectivity index (χ3v) is 4.89. The Labute approximate surface area is 193 Å². The second-order valence-electron chi connectivity index (χ2n) is 6.87. The van der Waals surface area contributed by atoms with Gasteiger partial charge in [-0.15, -0.1) is 24.8 Å². The fraction of sp³-hybridized carbons (Fsp3) is 0.273. The summed E-state index contributed by atoms with van der Waals surface area (Å²) in [6.07, 6.45) is 0.788. The van der Waals surface area contributed by atoms with Gasteiger partial charge < -0.3 is 20.4 Å². The molecule has 168 valence electrons. The van der Waals surface area contributed by atoms with Gasteiger partial charge in [-0.2, -0.15) is 0 Å². The molecule has 0 radical (unpaired) electrons. The minimum atomic E-state index is -0.611. The Kier molecular flexibility index (Phi) is 9.97. The molecule has 3 aromatic rings. The molecule has 0 spiro atoms. The molecule has 3 rings (SSSR count). The van der Waals surface area contributed by atoms with Crippen molar-refractivity contribution in [1.29, 1.82) is 0 Å². The van der Waals surface area contributed by atoms with Crippen LogP contribution in [-0.2, 0) is 20.0 Å². The topological polar surface area (TPSA) is 82.2 Å². The van der Waals surface area contributed by atoms with E-state index < -0.39 is 11.7 Å². The van der Waals surface area contributed by atoms with E-state index >= 15 is 0 Å². The Morgan fingerprint density at radius 1 is 1.13 bits per heavy atom. The maximum absolute atomic E-state index is 14.2. The summed E-state index contributed by atoms with van der Waals surface area (Å²) in [6, 6.07) is 11.6. The molecule has 0 saturated heterocycles. The first-order valence-corrected chi connectivity index (χ1v) is 9.42. The number of hydrogen-bond acceptors (Lipinski definition) is 4. The summed E-state index contributed by atoms with van der Waals surface area (Å²) in [6.45, 7) is 4.64. The number of carbonyl (C=O) groups excluding carboxylic acids is 1. The van der Waals surface area contributed by atoms with E-state index in [-0.39, 0.29) is 36.9 Å². The lowest BCUT2D eigenvalue weighted by Gasteiger charge is -2.10. The van der Waals surface area contributed by atoms with Crippen molar-refractivity contribution >= 4 is 30.7 Å². The number of benzene rings is 2. The number of aryl methyl sites for hydroxylation is 1. The monoisotopic (exact) mass is 468 g/mol. The van der Waals surface area contributed by atoms with E-state index in [2.05, 4.69) is 10.3 Å². The number of carbonyl (C=O) groups is 1. The highest BCUT2D eigenvalue weighted by Crippen LogP contribution is 2.24. The average molecular weight is 469 g/mol. The van der Waals surface area contributed by atoms with Crippen molar-refractivity contribution in [1.82, 2.24) is 14.9 Å². The van der Waals surface area contributed by atoms with Crippen LogP contribution in [0.25, 0.3) is 0 Å². The summed E-state index contributed by atoms with van der Waals surface area (Å²) in [5, 5.41) is 2.72. The molecule has 0 saturated carbocycles. The lowest BCUT2D eigenvalue weighted by atomic mass is 10.1. The van der Waals surface area contributed by atoms with Crippen LogP contribution in [0.2, 0.25) is 0 Å². The van der Waals surface area contributed by atoms with Crippen LogP contribution in [0.5, 0.6) is 11.5 Å². The van der Waals surface area contributed by atoms with Crippen LogP contribution in [-0.4, -0.2) is 22.0 Å². The SMILES string of the molecule is Cc1nc(CNC(=O)c2cc(Oc3ccc(CCN)cc3)ccc2F)n(C)c1C.Cl.Cl. The van der Waals surface area contributed by atoms with Crippen LogP contribution in [0.15, 0.2) is 42.5 Å². The van der Waals surface area contributed by atoms with E-state index in [1.807, 2.05) is 49.7 Å². The smallest absolute Gasteiger partial charge is 0.254 e. The van der Waals surface area contributed by atoms with Gasteiger partial charge >= 0.3 is 0 Å². The standard InChI is InChI=1S/C22H25FN4O2.2ClH/c1-14-15(2)27(3)21(26-14)13-25-22(28)19-12-18(8-9-20(19)23)29-17-6-4-16(5-7-17)10-11-24;;/h4-9,12H,10-11,13,24H2,1-3H3,(H,25,28);2*1H. The highest BCUT2D eigenvalue weighted by Gasteiger charge is 2.15. The van der Waals surface area contributed by atoms with Crippen molar-refractivity contribution in [2.75, 3.05) is 6.54 Å². The lowest BCUT2D eigenvalue weighted by Crippen LogP contribution is -2.25. The third-order valence-electron chi connectivity index (χ3n) is 4.89. The Morgan fingerprint density at radius 3 is 2.35 bits per heavy atom. The molecular weight excluding hydrogens is 442 g/mol. The van der Waals surface area contributed by atoms with Gasteiger partial charge in [0.1, 0.15) is 23.1 Å². The van der Waals surface area contributed by atoms with Crippen LogP contribution in [0.3, 0.4) is 0 Å². The molecule has 1 heterocycles. The molecule has 1 aromatic heterocycles. The van der Waals surface area contributed by atoms with Gasteiger partial charge in [-0.05, 0) is 62.7 Å². The number of halogens is 3. The molecule has 0 aliphatic carbocycles. The number of nitrogens with zero attached hydrogens (tertiary/aromatic N) is 2. The number of rotatable bonds is 7. The second-order valence-corrected chi connectivity index (χ2v) is 6.87. The number of ether oxygens (including phenoxy) is 1. The maximum atomic E-state index is 14.2. The van der Waals surface area contributed by atoms with Crippen molar-refractivity contribution in [3.63, 3.8) is 0 Å². The van der Waals surface area contributed by atoms with Crippen molar-refractivity contribution in [3.8, 4) is 11.5 Å². The Morgan fingerprint density at radius 2 is 1.77 bits per heavy atom. The zero-order valence-corrected chi connectivity index (χ0v) is 19.3. The molecule has 6 nitrogen and oxygen atoms in total. The van der Waals surface area contributed by atoms with Crippen molar-refractivity contribution < 1.29 is 13.9 Å². The Bertz CT molecular complexity index is 1020. The van der Waals surface area contributed by atoms with E-state index in [1.165, 1.54) is 18.2 Å². The van der Waals surface area contributed by atoms with Gasteiger partial charge in [-0.1, -0.05) is 12.1 Å². The normalized spacial score (nSPS) is 10.1. The predicted octanol–water partition coefficient (Wildman–Crippen LogP) is 4.24. The first kappa shape index (κ1) is 26.4. The Hall–Kier alpha value is -2.61. The molecule has 9 heteroatoms. The quantitative estimate of drug-likeness (QED) is 0.542. The second kappa shape index (κ2) is 11.7. The molecule has 1 amide bonds. The summed E-state index contributed by atoms with van der Waals surface area (Å²) in [4.78, 5) is 16.9. The van der Waals surface area contributed by atoms with Gasteiger partial charge in [0.25, 0.3) is 5.91 Å². The fourth-order valence-electron chi connectivity index (χ4n) is 2.97. The van der Waals surface area contributed by atoms with Crippen molar-refractivity contribution in [3.05, 3.63) is 76.6 Å². The zero-order chi connectivity index (χ0) is 21.0. The molecule has 3 N–H and O–H groups in total. The highest BCUT2D eigenvalue weighted by molar-refractivity contribution is 5.94. The summed E-state index contributed by atoms with van der Waals surface area (Å²) < 4.78 is 21.9. The number of imidazole rings is 1.